The second-order valence-corrected chi connectivity index (χ2v) is 5.90. The van der Waals surface area contributed by atoms with Gasteiger partial charge in [0, 0.05) is 6.42 Å². The Kier molecular flexibility index (Phi) is 3.24. The summed E-state index contributed by atoms with van der Waals surface area (Å²) in [6.45, 7) is 1.86. The molecule has 0 saturated heterocycles. The minimum Gasteiger partial charge on any atom is -0.512 e. The third-order valence-corrected chi connectivity index (χ3v) is 4.69. The van der Waals surface area contributed by atoms with Gasteiger partial charge in [-0.05, 0) is 49.6 Å². The van der Waals surface area contributed by atoms with Gasteiger partial charge in [0.1, 0.15) is 11.5 Å². The highest BCUT2D eigenvalue weighted by Gasteiger charge is 2.41. The number of Topliss-reactive ketones (excluding diaryl/α,β-unsaturated/α-hetero) is 1. The van der Waals surface area contributed by atoms with Crippen LogP contribution in [0.15, 0.2) is 21.9 Å². The van der Waals surface area contributed by atoms with E-state index in [4.69, 9.17) is 0 Å². The van der Waals surface area contributed by atoms with Crippen molar-refractivity contribution in [2.24, 2.45) is 5.41 Å². The Hall–Kier alpha value is -0.570. The summed E-state index contributed by atoms with van der Waals surface area (Å²) in [5.74, 6) is 0.402. The van der Waals surface area contributed by atoms with E-state index < -0.39 is 5.41 Å². The van der Waals surface area contributed by atoms with E-state index in [9.17, 15) is 9.90 Å². The van der Waals surface area contributed by atoms with Crippen LogP contribution in [0.4, 0.5) is 0 Å². The smallest absolute Gasteiger partial charge is 0.150 e. The number of rotatable bonds is 2. The third-order valence-electron chi connectivity index (χ3n) is 3.74. The van der Waals surface area contributed by atoms with Crippen molar-refractivity contribution >= 4 is 21.7 Å². The van der Waals surface area contributed by atoms with Gasteiger partial charge in [-0.1, -0.05) is 21.5 Å². The molecule has 0 aliphatic heterocycles. The molecule has 3 heteroatoms. The zero-order valence-corrected chi connectivity index (χ0v) is 11.1. The van der Waals surface area contributed by atoms with Crippen molar-refractivity contribution in [2.45, 2.75) is 45.4 Å². The molecule has 88 valence electrons. The van der Waals surface area contributed by atoms with Crippen LogP contribution in [-0.4, -0.2) is 10.9 Å². The van der Waals surface area contributed by atoms with Crippen molar-refractivity contribution in [1.82, 2.24) is 0 Å². The van der Waals surface area contributed by atoms with Crippen LogP contribution in [0.3, 0.4) is 0 Å². The zero-order chi connectivity index (χ0) is 11.8. The molecule has 1 unspecified atom stereocenters. The fraction of sp³-hybridized carbons (Fsp3) is 0.615. The third kappa shape index (κ3) is 1.97. The molecular weight excluding hydrogens is 268 g/mol. The standard InChI is InChI=1S/C13H17BrO2/c1-13(11(15)6-7-12(13)16)8-9-4-2-3-5-10(9)14/h6,15H,2-5,7-8H2,1H3. The molecule has 0 spiro atoms. The second-order valence-electron chi connectivity index (χ2n) is 4.94. The van der Waals surface area contributed by atoms with Crippen LogP contribution in [0.1, 0.15) is 45.4 Å². The number of ketones is 1. The number of aliphatic hydroxyl groups is 1. The van der Waals surface area contributed by atoms with Gasteiger partial charge < -0.3 is 5.11 Å². The highest BCUT2D eigenvalue weighted by atomic mass is 79.9. The van der Waals surface area contributed by atoms with Crippen molar-refractivity contribution in [1.29, 1.82) is 0 Å². The lowest BCUT2D eigenvalue weighted by Crippen LogP contribution is -2.26. The predicted octanol–water partition coefficient (Wildman–Crippen LogP) is 4.02. The summed E-state index contributed by atoms with van der Waals surface area (Å²) in [6.07, 6.45) is 7.25. The topological polar surface area (TPSA) is 37.3 Å². The molecule has 0 aromatic carbocycles. The van der Waals surface area contributed by atoms with E-state index in [0.29, 0.717) is 12.8 Å². The predicted molar refractivity (Wildman–Crippen MR) is 67.5 cm³/mol. The largest absolute Gasteiger partial charge is 0.512 e. The molecule has 1 atom stereocenters. The van der Waals surface area contributed by atoms with Crippen molar-refractivity contribution in [3.63, 3.8) is 0 Å². The van der Waals surface area contributed by atoms with Crippen molar-refractivity contribution < 1.29 is 9.90 Å². The summed E-state index contributed by atoms with van der Waals surface area (Å²) < 4.78 is 1.24. The monoisotopic (exact) mass is 284 g/mol. The first kappa shape index (κ1) is 11.9. The van der Waals surface area contributed by atoms with Gasteiger partial charge in [0.05, 0.1) is 5.41 Å². The van der Waals surface area contributed by atoms with Crippen LogP contribution in [0, 0.1) is 5.41 Å². The second kappa shape index (κ2) is 4.36. The van der Waals surface area contributed by atoms with Crippen LogP contribution in [0.5, 0.6) is 0 Å². The number of aliphatic hydroxyl groups excluding tert-OH is 1. The van der Waals surface area contributed by atoms with E-state index >= 15 is 0 Å². The number of carbonyl (C=O) groups excluding carboxylic acids is 1. The SMILES string of the molecule is CC1(CC2=C(Br)CCCC2)C(=O)CC=C1O. The number of carbonyl (C=O) groups is 1. The lowest BCUT2D eigenvalue weighted by molar-refractivity contribution is -0.125. The lowest BCUT2D eigenvalue weighted by atomic mass is 9.78. The molecule has 2 aliphatic rings. The lowest BCUT2D eigenvalue weighted by Gasteiger charge is -2.27. The Balaban J connectivity index is 2.20. The summed E-state index contributed by atoms with van der Waals surface area (Å²) in [7, 11) is 0. The summed E-state index contributed by atoms with van der Waals surface area (Å²) in [5.41, 5.74) is 0.648. The molecule has 2 aliphatic carbocycles. The Morgan fingerprint density at radius 1 is 1.44 bits per heavy atom. The average molecular weight is 285 g/mol. The summed E-state index contributed by atoms with van der Waals surface area (Å²) >= 11 is 3.59. The van der Waals surface area contributed by atoms with Gasteiger partial charge in [0.2, 0.25) is 0 Å². The molecule has 0 saturated carbocycles. The first-order valence-corrected chi connectivity index (χ1v) is 6.62. The van der Waals surface area contributed by atoms with Crippen molar-refractivity contribution in [2.75, 3.05) is 0 Å². The molecule has 0 amide bonds. The van der Waals surface area contributed by atoms with Gasteiger partial charge in [-0.25, -0.2) is 0 Å². The van der Waals surface area contributed by atoms with Crippen molar-refractivity contribution in [3.05, 3.63) is 21.9 Å². The Labute approximate surface area is 105 Å². The molecule has 0 aromatic heterocycles. The fourth-order valence-corrected chi connectivity index (χ4v) is 3.13. The molecule has 0 fully saturated rings. The summed E-state index contributed by atoms with van der Waals surface area (Å²) in [4.78, 5) is 11.8. The van der Waals surface area contributed by atoms with Crippen molar-refractivity contribution in [3.8, 4) is 0 Å². The maximum absolute atomic E-state index is 11.8. The Bertz CT molecular complexity index is 381. The molecule has 0 heterocycles. The number of hydrogen-bond donors (Lipinski definition) is 1. The van der Waals surface area contributed by atoms with Crippen LogP contribution in [-0.2, 0) is 4.79 Å². The van der Waals surface area contributed by atoms with Gasteiger partial charge in [-0.3, -0.25) is 4.79 Å². The number of allylic oxidation sites excluding steroid dienone is 4. The molecule has 16 heavy (non-hydrogen) atoms. The molecule has 0 bridgehead atoms. The van der Waals surface area contributed by atoms with Gasteiger partial charge >= 0.3 is 0 Å². The van der Waals surface area contributed by atoms with Crippen LogP contribution in [0.2, 0.25) is 0 Å². The van der Waals surface area contributed by atoms with E-state index in [1.165, 1.54) is 22.9 Å². The Morgan fingerprint density at radius 2 is 2.12 bits per heavy atom. The summed E-state index contributed by atoms with van der Waals surface area (Å²) in [6, 6.07) is 0. The minimum absolute atomic E-state index is 0.142. The first-order valence-electron chi connectivity index (χ1n) is 5.83. The molecular formula is C13H17BrO2. The maximum Gasteiger partial charge on any atom is 0.150 e. The highest BCUT2D eigenvalue weighted by molar-refractivity contribution is 9.11. The van der Waals surface area contributed by atoms with Gasteiger partial charge in [-0.15, -0.1) is 0 Å². The first-order chi connectivity index (χ1) is 7.54. The van der Waals surface area contributed by atoms with Crippen LogP contribution >= 0.6 is 15.9 Å². The Morgan fingerprint density at radius 3 is 2.69 bits per heavy atom. The van der Waals surface area contributed by atoms with Gasteiger partial charge in [0.25, 0.3) is 0 Å². The molecule has 2 rings (SSSR count). The molecule has 2 nitrogen and oxygen atoms in total. The maximum atomic E-state index is 11.8. The molecule has 0 aromatic rings. The summed E-state index contributed by atoms with van der Waals surface area (Å²) in [5, 5.41) is 9.84. The van der Waals surface area contributed by atoms with E-state index in [0.717, 1.165) is 12.8 Å². The van der Waals surface area contributed by atoms with E-state index in [-0.39, 0.29) is 11.5 Å². The highest BCUT2D eigenvalue weighted by Crippen LogP contribution is 2.43. The number of halogens is 1. The van der Waals surface area contributed by atoms with Gasteiger partial charge in [-0.2, -0.15) is 0 Å². The van der Waals surface area contributed by atoms with Gasteiger partial charge in [0.15, 0.2) is 0 Å². The normalized spacial score (nSPS) is 30.9. The molecule has 0 radical (unpaired) electrons. The fourth-order valence-electron chi connectivity index (χ4n) is 2.51. The van der Waals surface area contributed by atoms with E-state index in [2.05, 4.69) is 15.9 Å². The zero-order valence-electron chi connectivity index (χ0n) is 9.55. The van der Waals surface area contributed by atoms with E-state index in [1.54, 1.807) is 6.08 Å². The minimum atomic E-state index is -0.661. The number of hydrogen-bond acceptors (Lipinski definition) is 2. The van der Waals surface area contributed by atoms with E-state index in [1.807, 2.05) is 6.92 Å². The van der Waals surface area contributed by atoms with Crippen LogP contribution < -0.4 is 0 Å². The van der Waals surface area contributed by atoms with Crippen LogP contribution in [0.25, 0.3) is 0 Å². The quantitative estimate of drug-likeness (QED) is 0.832. The average Bonchev–Trinajstić information content (AvgIpc) is 2.50. The molecule has 1 N–H and O–H groups in total.